The van der Waals surface area contributed by atoms with Crippen LogP contribution in [0.3, 0.4) is 0 Å². The predicted octanol–water partition coefficient (Wildman–Crippen LogP) is 2.77. The Morgan fingerprint density at radius 1 is 1.47 bits per heavy atom. The first-order valence-corrected chi connectivity index (χ1v) is 6.64. The van der Waals surface area contributed by atoms with Gasteiger partial charge in [-0.05, 0) is 17.7 Å². The molecule has 0 bridgehead atoms. The SMILES string of the molecule is Cc1nc2cc(CC(=O)Nc3nccs3)ccc2o1. The van der Waals surface area contributed by atoms with E-state index in [1.165, 1.54) is 11.3 Å². The molecular formula is C13H11N3O2S. The fourth-order valence-electron chi connectivity index (χ4n) is 1.83. The number of aromatic nitrogens is 2. The van der Waals surface area contributed by atoms with Crippen molar-refractivity contribution in [3.05, 3.63) is 41.2 Å². The molecule has 0 aliphatic heterocycles. The summed E-state index contributed by atoms with van der Waals surface area (Å²) in [5.41, 5.74) is 2.41. The Hall–Kier alpha value is -2.21. The van der Waals surface area contributed by atoms with Crippen molar-refractivity contribution in [2.75, 3.05) is 5.32 Å². The molecule has 0 aliphatic rings. The van der Waals surface area contributed by atoms with Crippen molar-refractivity contribution < 1.29 is 9.21 Å². The van der Waals surface area contributed by atoms with E-state index in [2.05, 4.69) is 15.3 Å². The Balaban J connectivity index is 1.75. The quantitative estimate of drug-likeness (QED) is 0.796. The maximum Gasteiger partial charge on any atom is 0.230 e. The number of hydrogen-bond donors (Lipinski definition) is 1. The van der Waals surface area contributed by atoms with Crippen LogP contribution >= 0.6 is 11.3 Å². The molecule has 1 aromatic carbocycles. The van der Waals surface area contributed by atoms with Gasteiger partial charge in [-0.15, -0.1) is 11.3 Å². The summed E-state index contributed by atoms with van der Waals surface area (Å²) in [5.74, 6) is 0.536. The number of thiazole rings is 1. The van der Waals surface area contributed by atoms with Crippen molar-refractivity contribution in [2.45, 2.75) is 13.3 Å². The smallest absolute Gasteiger partial charge is 0.230 e. The normalized spacial score (nSPS) is 10.8. The summed E-state index contributed by atoms with van der Waals surface area (Å²) in [6.45, 7) is 1.80. The summed E-state index contributed by atoms with van der Waals surface area (Å²) in [6.07, 6.45) is 1.95. The van der Waals surface area contributed by atoms with Crippen LogP contribution in [0.5, 0.6) is 0 Å². The molecule has 2 aromatic heterocycles. The minimum absolute atomic E-state index is 0.0884. The Bertz CT molecular complexity index is 719. The molecule has 3 aromatic rings. The number of aryl methyl sites for hydroxylation is 1. The highest BCUT2D eigenvalue weighted by Gasteiger charge is 2.08. The molecule has 0 spiro atoms. The maximum absolute atomic E-state index is 11.8. The van der Waals surface area contributed by atoms with Crippen LogP contribution in [0.1, 0.15) is 11.5 Å². The lowest BCUT2D eigenvalue weighted by Gasteiger charge is -2.01. The van der Waals surface area contributed by atoms with E-state index >= 15 is 0 Å². The summed E-state index contributed by atoms with van der Waals surface area (Å²) in [5, 5.41) is 5.18. The van der Waals surface area contributed by atoms with E-state index < -0.39 is 0 Å². The lowest BCUT2D eigenvalue weighted by molar-refractivity contribution is -0.115. The number of rotatable bonds is 3. The van der Waals surface area contributed by atoms with Gasteiger partial charge in [0.2, 0.25) is 5.91 Å². The second-order valence-corrected chi connectivity index (χ2v) is 4.99. The highest BCUT2D eigenvalue weighted by Crippen LogP contribution is 2.17. The van der Waals surface area contributed by atoms with Gasteiger partial charge in [0.1, 0.15) is 5.52 Å². The highest BCUT2D eigenvalue weighted by molar-refractivity contribution is 7.13. The van der Waals surface area contributed by atoms with Crippen LogP contribution in [0.2, 0.25) is 0 Å². The van der Waals surface area contributed by atoms with Crippen molar-refractivity contribution in [3.63, 3.8) is 0 Å². The van der Waals surface area contributed by atoms with Crippen LogP contribution in [0.15, 0.2) is 34.2 Å². The summed E-state index contributed by atoms with van der Waals surface area (Å²) < 4.78 is 5.39. The number of carbonyl (C=O) groups excluding carboxylic acids is 1. The van der Waals surface area contributed by atoms with Gasteiger partial charge in [0.15, 0.2) is 16.6 Å². The van der Waals surface area contributed by atoms with E-state index in [0.717, 1.165) is 16.7 Å². The van der Waals surface area contributed by atoms with Gasteiger partial charge in [-0.1, -0.05) is 6.07 Å². The van der Waals surface area contributed by atoms with E-state index in [4.69, 9.17) is 4.42 Å². The second-order valence-electron chi connectivity index (χ2n) is 4.10. The Labute approximate surface area is 113 Å². The number of hydrogen-bond acceptors (Lipinski definition) is 5. The highest BCUT2D eigenvalue weighted by atomic mass is 32.1. The number of anilines is 1. The zero-order chi connectivity index (χ0) is 13.2. The van der Waals surface area contributed by atoms with Crippen molar-refractivity contribution in [1.82, 2.24) is 9.97 Å². The largest absolute Gasteiger partial charge is 0.441 e. The Morgan fingerprint density at radius 3 is 3.16 bits per heavy atom. The van der Waals surface area contributed by atoms with E-state index in [-0.39, 0.29) is 5.91 Å². The summed E-state index contributed by atoms with van der Waals surface area (Å²) in [4.78, 5) is 20.1. The zero-order valence-corrected chi connectivity index (χ0v) is 11.0. The third-order valence-corrected chi connectivity index (χ3v) is 3.29. The number of fused-ring (bicyclic) bond motifs is 1. The van der Waals surface area contributed by atoms with E-state index in [1.54, 1.807) is 13.1 Å². The average molecular weight is 273 g/mol. The molecule has 6 heteroatoms. The first-order valence-electron chi connectivity index (χ1n) is 5.76. The molecular weight excluding hydrogens is 262 g/mol. The van der Waals surface area contributed by atoms with Crippen LogP contribution in [-0.4, -0.2) is 15.9 Å². The van der Waals surface area contributed by atoms with Gasteiger partial charge in [0, 0.05) is 18.5 Å². The van der Waals surface area contributed by atoms with Gasteiger partial charge in [0.05, 0.1) is 6.42 Å². The van der Waals surface area contributed by atoms with Gasteiger partial charge in [0.25, 0.3) is 0 Å². The minimum atomic E-state index is -0.0884. The molecule has 0 saturated heterocycles. The van der Waals surface area contributed by atoms with Crippen molar-refractivity contribution >= 4 is 33.5 Å². The standard InChI is InChI=1S/C13H11N3O2S/c1-8-15-10-6-9(2-3-11(10)18-8)7-12(17)16-13-14-4-5-19-13/h2-6H,7H2,1H3,(H,14,16,17). The van der Waals surface area contributed by atoms with Crippen LogP contribution in [0, 0.1) is 6.92 Å². The number of carbonyl (C=O) groups is 1. The van der Waals surface area contributed by atoms with Crippen molar-refractivity contribution in [3.8, 4) is 0 Å². The van der Waals surface area contributed by atoms with Gasteiger partial charge in [-0.25, -0.2) is 9.97 Å². The van der Waals surface area contributed by atoms with E-state index in [0.29, 0.717) is 17.4 Å². The predicted molar refractivity (Wildman–Crippen MR) is 73.2 cm³/mol. The molecule has 0 atom stereocenters. The first kappa shape index (κ1) is 11.9. The fourth-order valence-corrected chi connectivity index (χ4v) is 2.38. The summed E-state index contributed by atoms with van der Waals surface area (Å²) >= 11 is 1.40. The molecule has 1 N–H and O–H groups in total. The second kappa shape index (κ2) is 4.81. The van der Waals surface area contributed by atoms with E-state index in [9.17, 15) is 4.79 Å². The first-order chi connectivity index (χ1) is 9.20. The molecule has 19 heavy (non-hydrogen) atoms. The van der Waals surface area contributed by atoms with Gasteiger partial charge >= 0.3 is 0 Å². The van der Waals surface area contributed by atoms with Gasteiger partial charge in [-0.3, -0.25) is 4.79 Å². The fraction of sp³-hybridized carbons (Fsp3) is 0.154. The summed E-state index contributed by atoms with van der Waals surface area (Å²) in [6, 6.07) is 5.57. The molecule has 0 fully saturated rings. The Kier molecular flexibility index (Phi) is 3.00. The van der Waals surface area contributed by atoms with Crippen molar-refractivity contribution in [1.29, 1.82) is 0 Å². The molecule has 3 rings (SSSR count). The average Bonchev–Trinajstić information content (AvgIpc) is 2.96. The molecule has 1 amide bonds. The van der Waals surface area contributed by atoms with Crippen LogP contribution in [-0.2, 0) is 11.2 Å². The molecule has 0 radical (unpaired) electrons. The number of nitrogens with one attached hydrogen (secondary N) is 1. The molecule has 0 unspecified atom stereocenters. The maximum atomic E-state index is 11.8. The lowest BCUT2D eigenvalue weighted by atomic mass is 10.1. The third-order valence-electron chi connectivity index (χ3n) is 2.60. The molecule has 2 heterocycles. The molecule has 0 saturated carbocycles. The zero-order valence-electron chi connectivity index (χ0n) is 10.2. The number of nitrogens with zero attached hydrogens (tertiary/aromatic N) is 2. The van der Waals surface area contributed by atoms with E-state index in [1.807, 2.05) is 23.6 Å². The number of benzene rings is 1. The lowest BCUT2D eigenvalue weighted by Crippen LogP contribution is -2.14. The summed E-state index contributed by atoms with van der Waals surface area (Å²) in [7, 11) is 0. The third kappa shape index (κ3) is 2.63. The van der Waals surface area contributed by atoms with Crippen LogP contribution in [0.4, 0.5) is 5.13 Å². The number of amides is 1. The molecule has 5 nitrogen and oxygen atoms in total. The minimum Gasteiger partial charge on any atom is -0.441 e. The molecule has 96 valence electrons. The monoisotopic (exact) mass is 273 g/mol. The van der Waals surface area contributed by atoms with Crippen LogP contribution in [0.25, 0.3) is 11.1 Å². The Morgan fingerprint density at radius 2 is 2.37 bits per heavy atom. The van der Waals surface area contributed by atoms with Gasteiger partial charge < -0.3 is 9.73 Å². The molecule has 0 aliphatic carbocycles. The number of oxazole rings is 1. The topological polar surface area (TPSA) is 68.0 Å². The van der Waals surface area contributed by atoms with Gasteiger partial charge in [-0.2, -0.15) is 0 Å². The van der Waals surface area contributed by atoms with Crippen molar-refractivity contribution in [2.24, 2.45) is 0 Å². The van der Waals surface area contributed by atoms with Crippen LogP contribution < -0.4 is 5.32 Å².